The highest BCUT2D eigenvalue weighted by Crippen LogP contribution is 2.27. The fourth-order valence-electron chi connectivity index (χ4n) is 2.57. The minimum Gasteiger partial charge on any atom is -0.497 e. The molecule has 7 nitrogen and oxygen atoms in total. The lowest BCUT2D eigenvalue weighted by Crippen LogP contribution is -2.14. The number of ether oxygens (including phenoxy) is 1. The van der Waals surface area contributed by atoms with Crippen molar-refractivity contribution in [3.63, 3.8) is 0 Å². The van der Waals surface area contributed by atoms with Gasteiger partial charge in [-0.15, -0.1) is 11.3 Å². The van der Waals surface area contributed by atoms with Gasteiger partial charge in [0.1, 0.15) is 29.1 Å². The Morgan fingerprint density at radius 1 is 1.21 bits per heavy atom. The lowest BCUT2D eigenvalue weighted by Gasteiger charge is -2.10. The zero-order valence-electron chi connectivity index (χ0n) is 14.7. The molecule has 2 aromatic heterocycles. The molecular formula is C19H14ClN5O2S. The first kappa shape index (κ1) is 18.1. The Labute approximate surface area is 169 Å². The first-order valence-electron chi connectivity index (χ1n) is 8.20. The molecule has 0 bridgehead atoms. The SMILES string of the molecule is COc1ccc(-c2nc(C(=O)Nc3cc(Cl)ccc3-n3cncn3)cs2)cc1. The van der Waals surface area contributed by atoms with E-state index in [9.17, 15) is 4.79 Å². The Hall–Kier alpha value is -3.23. The van der Waals surface area contributed by atoms with Gasteiger partial charge in [-0.05, 0) is 42.5 Å². The summed E-state index contributed by atoms with van der Waals surface area (Å²) in [5, 5.41) is 9.91. The third kappa shape index (κ3) is 3.73. The number of hydrogen-bond donors (Lipinski definition) is 1. The maximum absolute atomic E-state index is 12.7. The summed E-state index contributed by atoms with van der Waals surface area (Å²) >= 11 is 7.49. The molecule has 0 radical (unpaired) electrons. The molecule has 2 aromatic carbocycles. The van der Waals surface area contributed by atoms with Crippen LogP contribution >= 0.6 is 22.9 Å². The van der Waals surface area contributed by atoms with Crippen molar-refractivity contribution in [1.82, 2.24) is 19.7 Å². The molecule has 0 aliphatic rings. The molecule has 9 heteroatoms. The van der Waals surface area contributed by atoms with Gasteiger partial charge < -0.3 is 10.1 Å². The molecule has 0 unspecified atom stereocenters. The molecule has 0 saturated carbocycles. The number of nitrogens with zero attached hydrogens (tertiary/aromatic N) is 4. The number of benzene rings is 2. The topological polar surface area (TPSA) is 81.9 Å². The van der Waals surface area contributed by atoms with Gasteiger partial charge in [-0.2, -0.15) is 5.10 Å². The van der Waals surface area contributed by atoms with Crippen LogP contribution in [0.1, 0.15) is 10.5 Å². The third-order valence-corrected chi connectivity index (χ3v) is 5.07. The fraction of sp³-hybridized carbons (Fsp3) is 0.0526. The van der Waals surface area contributed by atoms with E-state index >= 15 is 0 Å². The van der Waals surface area contributed by atoms with E-state index in [4.69, 9.17) is 16.3 Å². The molecule has 4 aromatic rings. The van der Waals surface area contributed by atoms with Crippen LogP contribution in [0.2, 0.25) is 5.02 Å². The summed E-state index contributed by atoms with van der Waals surface area (Å²) in [5.41, 5.74) is 2.40. The van der Waals surface area contributed by atoms with Crippen LogP contribution in [-0.4, -0.2) is 32.8 Å². The van der Waals surface area contributed by atoms with E-state index in [-0.39, 0.29) is 5.91 Å². The average molecular weight is 412 g/mol. The number of aromatic nitrogens is 4. The van der Waals surface area contributed by atoms with Crippen molar-refractivity contribution in [2.45, 2.75) is 0 Å². The number of carbonyl (C=O) groups is 1. The van der Waals surface area contributed by atoms with Gasteiger partial charge >= 0.3 is 0 Å². The molecule has 140 valence electrons. The van der Waals surface area contributed by atoms with Crippen LogP contribution in [0.15, 0.2) is 60.5 Å². The Bertz CT molecular complexity index is 1110. The molecule has 1 amide bonds. The number of carbonyl (C=O) groups excluding carboxylic acids is 1. The molecule has 0 atom stereocenters. The summed E-state index contributed by atoms with van der Waals surface area (Å²) < 4.78 is 6.71. The minimum absolute atomic E-state index is 0.320. The monoisotopic (exact) mass is 411 g/mol. The van der Waals surface area contributed by atoms with Crippen LogP contribution < -0.4 is 10.1 Å². The molecule has 0 aliphatic heterocycles. The molecule has 1 N–H and O–H groups in total. The lowest BCUT2D eigenvalue weighted by molar-refractivity contribution is 0.102. The molecule has 0 fully saturated rings. The van der Waals surface area contributed by atoms with Gasteiger partial charge in [0.15, 0.2) is 0 Å². The molecule has 0 spiro atoms. The highest BCUT2D eigenvalue weighted by molar-refractivity contribution is 7.13. The molecule has 28 heavy (non-hydrogen) atoms. The highest BCUT2D eigenvalue weighted by Gasteiger charge is 2.15. The summed E-state index contributed by atoms with van der Waals surface area (Å²) in [7, 11) is 1.62. The van der Waals surface area contributed by atoms with Crippen LogP contribution in [-0.2, 0) is 0 Å². The van der Waals surface area contributed by atoms with E-state index in [0.717, 1.165) is 16.3 Å². The number of methoxy groups -OCH3 is 1. The Morgan fingerprint density at radius 2 is 2.04 bits per heavy atom. The van der Waals surface area contributed by atoms with E-state index in [1.54, 1.807) is 41.7 Å². The van der Waals surface area contributed by atoms with Crippen molar-refractivity contribution in [1.29, 1.82) is 0 Å². The largest absolute Gasteiger partial charge is 0.497 e. The second-order valence-electron chi connectivity index (χ2n) is 5.72. The predicted molar refractivity (Wildman–Crippen MR) is 108 cm³/mol. The van der Waals surface area contributed by atoms with E-state index in [2.05, 4.69) is 20.4 Å². The van der Waals surface area contributed by atoms with Crippen LogP contribution in [0.25, 0.3) is 16.3 Å². The van der Waals surface area contributed by atoms with Crippen molar-refractivity contribution in [2.24, 2.45) is 0 Å². The highest BCUT2D eigenvalue weighted by atomic mass is 35.5. The van der Waals surface area contributed by atoms with E-state index in [1.165, 1.54) is 17.7 Å². The van der Waals surface area contributed by atoms with Crippen LogP contribution in [0.5, 0.6) is 5.75 Å². The van der Waals surface area contributed by atoms with Crippen LogP contribution in [0.3, 0.4) is 0 Å². The third-order valence-electron chi connectivity index (χ3n) is 3.95. The van der Waals surface area contributed by atoms with Crippen LogP contribution in [0, 0.1) is 0 Å². The number of nitrogens with one attached hydrogen (secondary N) is 1. The molecule has 2 heterocycles. The van der Waals surface area contributed by atoms with Crippen molar-refractivity contribution in [3.8, 4) is 22.0 Å². The first-order chi connectivity index (χ1) is 13.6. The number of halogens is 1. The van der Waals surface area contributed by atoms with Gasteiger partial charge in [-0.25, -0.2) is 14.6 Å². The normalized spacial score (nSPS) is 10.6. The second-order valence-corrected chi connectivity index (χ2v) is 7.02. The summed E-state index contributed by atoms with van der Waals surface area (Å²) in [6, 6.07) is 12.7. The number of anilines is 1. The van der Waals surface area contributed by atoms with Gasteiger partial charge in [-0.1, -0.05) is 11.6 Å². The quantitative estimate of drug-likeness (QED) is 0.529. The van der Waals surface area contributed by atoms with Gasteiger partial charge in [0.2, 0.25) is 0 Å². The predicted octanol–water partition coefficient (Wildman–Crippen LogP) is 4.31. The standard InChI is InChI=1S/C19H14ClN5O2S/c1-27-14-5-2-12(3-6-14)19-24-16(9-28-19)18(26)23-15-8-13(20)4-7-17(15)25-11-21-10-22-25/h2-11H,1H3,(H,23,26). The molecule has 4 rings (SSSR count). The van der Waals surface area contributed by atoms with Crippen LogP contribution in [0.4, 0.5) is 5.69 Å². The Balaban J connectivity index is 1.58. The zero-order chi connectivity index (χ0) is 19.5. The van der Waals surface area contributed by atoms with Crippen molar-refractivity contribution in [2.75, 3.05) is 12.4 Å². The molecular weight excluding hydrogens is 398 g/mol. The van der Waals surface area contributed by atoms with Gasteiger partial charge in [0, 0.05) is 16.0 Å². The summed E-state index contributed by atoms with van der Waals surface area (Å²) in [6.45, 7) is 0. The number of hydrogen-bond acceptors (Lipinski definition) is 6. The van der Waals surface area contributed by atoms with Gasteiger partial charge in [-0.3, -0.25) is 4.79 Å². The summed E-state index contributed by atoms with van der Waals surface area (Å²) in [5.74, 6) is 0.430. The molecule has 0 aliphatic carbocycles. The second kappa shape index (κ2) is 7.79. The number of thiazole rings is 1. The van der Waals surface area contributed by atoms with Crippen molar-refractivity contribution >= 4 is 34.5 Å². The van der Waals surface area contributed by atoms with E-state index < -0.39 is 0 Å². The fourth-order valence-corrected chi connectivity index (χ4v) is 3.55. The van der Waals surface area contributed by atoms with Gasteiger partial charge in [0.25, 0.3) is 5.91 Å². The maximum Gasteiger partial charge on any atom is 0.275 e. The first-order valence-corrected chi connectivity index (χ1v) is 9.45. The maximum atomic E-state index is 12.7. The summed E-state index contributed by atoms with van der Waals surface area (Å²) in [6.07, 6.45) is 2.96. The minimum atomic E-state index is -0.334. The van der Waals surface area contributed by atoms with Crippen molar-refractivity contribution in [3.05, 3.63) is 71.2 Å². The number of amides is 1. The van der Waals surface area contributed by atoms with E-state index in [0.29, 0.717) is 22.1 Å². The lowest BCUT2D eigenvalue weighted by atomic mass is 10.2. The van der Waals surface area contributed by atoms with Gasteiger partial charge in [0.05, 0.1) is 18.5 Å². The zero-order valence-corrected chi connectivity index (χ0v) is 16.2. The Kier molecular flexibility index (Phi) is 5.05. The average Bonchev–Trinajstić information content (AvgIpc) is 3.40. The van der Waals surface area contributed by atoms with E-state index in [1.807, 2.05) is 24.3 Å². The van der Waals surface area contributed by atoms with Crippen molar-refractivity contribution < 1.29 is 9.53 Å². The number of rotatable bonds is 5. The Morgan fingerprint density at radius 3 is 2.75 bits per heavy atom. The summed E-state index contributed by atoms with van der Waals surface area (Å²) in [4.78, 5) is 21.1. The molecule has 0 saturated heterocycles. The smallest absolute Gasteiger partial charge is 0.275 e.